The first-order valence-electron chi connectivity index (χ1n) is 9.69. The molecule has 4 amide bonds. The Bertz CT molecular complexity index is 783. The van der Waals surface area contributed by atoms with Gasteiger partial charge in [-0.3, -0.25) is 33.8 Å². The first kappa shape index (κ1) is 29.0. The van der Waals surface area contributed by atoms with Crippen LogP contribution in [0.5, 0.6) is 0 Å². The lowest BCUT2D eigenvalue weighted by Crippen LogP contribution is -2.57. The van der Waals surface area contributed by atoms with E-state index in [1.165, 1.54) is 0 Å². The van der Waals surface area contributed by atoms with Crippen LogP contribution in [0.15, 0.2) is 4.99 Å². The third-order valence-electron chi connectivity index (χ3n) is 4.08. The Kier molecular flexibility index (Phi) is 12.5. The number of hydrogen-bond acceptors (Lipinski definition) is 8. The van der Waals surface area contributed by atoms with E-state index < -0.39 is 72.6 Å². The zero-order chi connectivity index (χ0) is 25.7. The zero-order valence-corrected chi connectivity index (χ0v) is 17.9. The molecule has 0 radical (unpaired) electrons. The van der Waals surface area contributed by atoms with E-state index in [0.29, 0.717) is 6.42 Å². The van der Waals surface area contributed by atoms with Crippen molar-refractivity contribution >= 4 is 41.5 Å². The maximum atomic E-state index is 12.6. The molecule has 0 bridgehead atoms. The quantitative estimate of drug-likeness (QED) is 0.0616. The van der Waals surface area contributed by atoms with Crippen LogP contribution in [0.4, 0.5) is 0 Å². The summed E-state index contributed by atoms with van der Waals surface area (Å²) in [5, 5.41) is 24.2. The van der Waals surface area contributed by atoms with Crippen LogP contribution in [0, 0.1) is 0 Å². The van der Waals surface area contributed by atoms with E-state index in [1.54, 1.807) is 0 Å². The molecule has 186 valence electrons. The van der Waals surface area contributed by atoms with Gasteiger partial charge in [-0.15, -0.1) is 0 Å². The number of guanidine groups is 1. The van der Waals surface area contributed by atoms with E-state index >= 15 is 0 Å². The van der Waals surface area contributed by atoms with Crippen molar-refractivity contribution < 1.29 is 39.0 Å². The van der Waals surface area contributed by atoms with Crippen molar-refractivity contribution in [1.82, 2.24) is 16.0 Å². The third-order valence-corrected chi connectivity index (χ3v) is 4.08. The van der Waals surface area contributed by atoms with Gasteiger partial charge < -0.3 is 49.1 Å². The van der Waals surface area contributed by atoms with Crippen LogP contribution < -0.4 is 38.9 Å². The summed E-state index contributed by atoms with van der Waals surface area (Å²) in [6, 6.07) is -5.74. The van der Waals surface area contributed by atoms with Crippen molar-refractivity contribution in [3.63, 3.8) is 0 Å². The van der Waals surface area contributed by atoms with Gasteiger partial charge in [0.15, 0.2) is 5.96 Å². The number of nitrogens with two attached hydrogens (primary N) is 4. The maximum Gasteiger partial charge on any atom is 0.325 e. The first-order valence-corrected chi connectivity index (χ1v) is 9.69. The van der Waals surface area contributed by atoms with E-state index in [1.807, 2.05) is 5.32 Å². The summed E-state index contributed by atoms with van der Waals surface area (Å²) in [4.78, 5) is 74.1. The van der Waals surface area contributed by atoms with E-state index in [2.05, 4.69) is 15.6 Å². The highest BCUT2D eigenvalue weighted by Crippen LogP contribution is 2.02. The van der Waals surface area contributed by atoms with E-state index in [0.717, 1.165) is 6.92 Å². The largest absolute Gasteiger partial charge is 0.481 e. The van der Waals surface area contributed by atoms with Gasteiger partial charge in [0.2, 0.25) is 23.6 Å². The second-order valence-electron chi connectivity index (χ2n) is 7.01. The summed E-state index contributed by atoms with van der Waals surface area (Å²) < 4.78 is 0. The number of amides is 4. The number of primary amides is 1. The molecule has 0 aromatic rings. The minimum Gasteiger partial charge on any atom is -0.481 e. The molecule has 0 heterocycles. The summed E-state index contributed by atoms with van der Waals surface area (Å²) in [6.45, 7) is 1.33. The van der Waals surface area contributed by atoms with Crippen LogP contribution in [-0.2, 0) is 28.8 Å². The van der Waals surface area contributed by atoms with Crippen LogP contribution in [0.3, 0.4) is 0 Å². The molecule has 33 heavy (non-hydrogen) atoms. The molecule has 16 heteroatoms. The molecule has 0 aromatic heterocycles. The summed E-state index contributed by atoms with van der Waals surface area (Å²) in [5.74, 6) is -6.99. The number of carboxylic acids is 2. The highest BCUT2D eigenvalue weighted by molar-refractivity contribution is 5.97. The lowest BCUT2D eigenvalue weighted by molar-refractivity contribution is -0.143. The monoisotopic (exact) mass is 474 g/mol. The maximum absolute atomic E-state index is 12.6. The van der Waals surface area contributed by atoms with Crippen molar-refractivity contribution in [3.05, 3.63) is 0 Å². The van der Waals surface area contributed by atoms with Gasteiger partial charge in [-0.2, -0.15) is 0 Å². The predicted octanol–water partition coefficient (Wildman–Crippen LogP) is -4.72. The number of nitrogens with zero attached hydrogens (tertiary/aromatic N) is 1. The lowest BCUT2D eigenvalue weighted by Gasteiger charge is -2.23. The number of hydrogen-bond donors (Lipinski definition) is 9. The highest BCUT2D eigenvalue weighted by atomic mass is 16.4. The Hall–Kier alpha value is -3.95. The van der Waals surface area contributed by atoms with E-state index in [4.69, 9.17) is 33.1 Å². The molecule has 0 fully saturated rings. The molecule has 16 nitrogen and oxygen atoms in total. The van der Waals surface area contributed by atoms with Crippen molar-refractivity contribution in [2.24, 2.45) is 27.9 Å². The number of aliphatic imine (C=N–C) groups is 1. The van der Waals surface area contributed by atoms with Crippen LogP contribution in [0.25, 0.3) is 0 Å². The second-order valence-corrected chi connectivity index (χ2v) is 7.01. The number of nitrogens with one attached hydrogen (secondary N) is 3. The van der Waals surface area contributed by atoms with Gasteiger partial charge >= 0.3 is 11.9 Å². The fourth-order valence-electron chi connectivity index (χ4n) is 2.37. The molecule has 0 aliphatic carbocycles. The van der Waals surface area contributed by atoms with Crippen LogP contribution in [-0.4, -0.2) is 82.5 Å². The SMILES string of the molecule is CC(NC(=O)C(CC(=O)O)NC(=O)C(CC(N)=O)NC(=O)C(N)CCCN=C(N)N)C(=O)O. The predicted molar refractivity (Wildman–Crippen MR) is 113 cm³/mol. The normalized spacial score (nSPS) is 14.0. The molecule has 0 aliphatic heterocycles. The number of carbonyl (C=O) groups excluding carboxylic acids is 4. The molecule has 0 saturated heterocycles. The summed E-state index contributed by atoms with van der Waals surface area (Å²) in [5.41, 5.74) is 21.2. The molecular formula is C17H30N8O8. The Labute approximate surface area is 188 Å². The van der Waals surface area contributed by atoms with Crippen LogP contribution in [0.2, 0.25) is 0 Å². The van der Waals surface area contributed by atoms with Gasteiger partial charge in [0.05, 0.1) is 18.9 Å². The Morgan fingerprint density at radius 1 is 0.848 bits per heavy atom. The van der Waals surface area contributed by atoms with Crippen molar-refractivity contribution in [2.45, 2.75) is 56.8 Å². The molecule has 0 spiro atoms. The molecule has 0 rings (SSSR count). The first-order chi connectivity index (χ1) is 15.2. The van der Waals surface area contributed by atoms with Gasteiger partial charge in [-0.1, -0.05) is 0 Å². The number of rotatable bonds is 15. The summed E-state index contributed by atoms with van der Waals surface area (Å²) in [7, 11) is 0. The zero-order valence-electron chi connectivity index (χ0n) is 17.9. The molecule has 0 saturated carbocycles. The summed E-state index contributed by atoms with van der Waals surface area (Å²) in [6.07, 6.45) is -1.11. The molecular weight excluding hydrogens is 444 g/mol. The Morgan fingerprint density at radius 3 is 1.85 bits per heavy atom. The van der Waals surface area contributed by atoms with Crippen molar-refractivity contribution in [2.75, 3.05) is 6.54 Å². The average molecular weight is 474 g/mol. The minimum absolute atomic E-state index is 0.130. The third kappa shape index (κ3) is 12.5. The highest BCUT2D eigenvalue weighted by Gasteiger charge is 2.31. The van der Waals surface area contributed by atoms with Gasteiger partial charge in [-0.25, -0.2) is 0 Å². The van der Waals surface area contributed by atoms with E-state index in [-0.39, 0.29) is 18.9 Å². The fraction of sp³-hybridized carbons (Fsp3) is 0.588. The average Bonchev–Trinajstić information content (AvgIpc) is 2.68. The topological polar surface area (TPSA) is 295 Å². The summed E-state index contributed by atoms with van der Waals surface area (Å²) >= 11 is 0. The molecule has 0 aromatic carbocycles. The number of carboxylic acid groups (broad SMARTS) is 2. The van der Waals surface area contributed by atoms with Crippen LogP contribution in [0.1, 0.15) is 32.6 Å². The number of carbonyl (C=O) groups is 6. The molecule has 4 atom stereocenters. The van der Waals surface area contributed by atoms with Crippen molar-refractivity contribution in [1.29, 1.82) is 0 Å². The Balaban J connectivity index is 5.28. The Morgan fingerprint density at radius 2 is 1.36 bits per heavy atom. The molecule has 0 aliphatic rings. The van der Waals surface area contributed by atoms with Gasteiger partial charge in [0, 0.05) is 6.54 Å². The van der Waals surface area contributed by atoms with E-state index in [9.17, 15) is 28.8 Å². The van der Waals surface area contributed by atoms with Gasteiger partial charge in [0.1, 0.15) is 18.1 Å². The molecule has 4 unspecified atom stereocenters. The lowest BCUT2D eigenvalue weighted by atomic mass is 10.1. The minimum atomic E-state index is -1.70. The molecule has 13 N–H and O–H groups in total. The second kappa shape index (κ2) is 14.2. The van der Waals surface area contributed by atoms with Gasteiger partial charge in [-0.05, 0) is 19.8 Å². The number of aliphatic carboxylic acids is 2. The van der Waals surface area contributed by atoms with Crippen molar-refractivity contribution in [3.8, 4) is 0 Å². The van der Waals surface area contributed by atoms with Gasteiger partial charge in [0.25, 0.3) is 0 Å². The van der Waals surface area contributed by atoms with Crippen LogP contribution >= 0.6 is 0 Å². The smallest absolute Gasteiger partial charge is 0.325 e. The fourth-order valence-corrected chi connectivity index (χ4v) is 2.37. The standard InChI is InChI=1S/C17H30N8O8/c1-7(16(32)33)23-14(30)10(6-12(27)28)25-15(31)9(5-11(19)26)24-13(29)8(18)3-2-4-22-17(20)21/h7-10H,2-6,18H2,1H3,(H2,19,26)(H,23,30)(H,24,29)(H,25,31)(H,27,28)(H,32,33)(H4,20,21,22).